The summed E-state index contributed by atoms with van der Waals surface area (Å²) in [6.07, 6.45) is 3.55. The van der Waals surface area contributed by atoms with E-state index < -0.39 is 0 Å². The highest BCUT2D eigenvalue weighted by atomic mass is 16.5. The van der Waals surface area contributed by atoms with Gasteiger partial charge in [-0.2, -0.15) is 0 Å². The highest BCUT2D eigenvalue weighted by Gasteiger charge is 2.39. The van der Waals surface area contributed by atoms with Gasteiger partial charge in [-0.3, -0.25) is 4.90 Å². The SMILES string of the molecule is COC1CCN(C2C(C)CC(C)CC2O)C1. The van der Waals surface area contributed by atoms with Crippen LogP contribution >= 0.6 is 0 Å². The van der Waals surface area contributed by atoms with Crippen molar-refractivity contribution in [2.24, 2.45) is 11.8 Å². The molecule has 5 atom stereocenters. The summed E-state index contributed by atoms with van der Waals surface area (Å²) < 4.78 is 5.40. The number of aliphatic hydroxyl groups is 1. The molecule has 2 rings (SSSR count). The van der Waals surface area contributed by atoms with Gasteiger partial charge in [-0.15, -0.1) is 0 Å². The zero-order chi connectivity index (χ0) is 11.7. The molecule has 5 unspecified atom stereocenters. The molecule has 2 fully saturated rings. The molecule has 0 spiro atoms. The first-order valence-corrected chi connectivity index (χ1v) is 6.56. The molecule has 0 aromatic rings. The van der Waals surface area contributed by atoms with Gasteiger partial charge in [-0.05, 0) is 31.1 Å². The maximum Gasteiger partial charge on any atom is 0.0710 e. The van der Waals surface area contributed by atoms with Crippen molar-refractivity contribution in [3.05, 3.63) is 0 Å². The molecule has 94 valence electrons. The van der Waals surface area contributed by atoms with Crippen molar-refractivity contribution in [2.75, 3.05) is 20.2 Å². The normalized spacial score (nSPS) is 46.1. The van der Waals surface area contributed by atoms with Crippen LogP contribution in [0.2, 0.25) is 0 Å². The third kappa shape index (κ3) is 2.41. The van der Waals surface area contributed by atoms with Crippen molar-refractivity contribution in [1.29, 1.82) is 0 Å². The minimum absolute atomic E-state index is 0.144. The van der Waals surface area contributed by atoms with Crippen LogP contribution in [0.3, 0.4) is 0 Å². The predicted molar refractivity (Wildman–Crippen MR) is 64.3 cm³/mol. The third-order valence-corrected chi connectivity index (χ3v) is 4.33. The Labute approximate surface area is 98.8 Å². The quantitative estimate of drug-likeness (QED) is 0.776. The average molecular weight is 227 g/mol. The fourth-order valence-corrected chi connectivity index (χ4v) is 3.62. The van der Waals surface area contributed by atoms with Crippen molar-refractivity contribution in [3.8, 4) is 0 Å². The first-order chi connectivity index (χ1) is 7.61. The lowest BCUT2D eigenvalue weighted by Gasteiger charge is -2.42. The molecule has 16 heavy (non-hydrogen) atoms. The van der Waals surface area contributed by atoms with E-state index in [2.05, 4.69) is 18.7 Å². The largest absolute Gasteiger partial charge is 0.391 e. The molecule has 2 aliphatic rings. The second kappa shape index (κ2) is 5.03. The van der Waals surface area contributed by atoms with Gasteiger partial charge in [0.25, 0.3) is 0 Å². The summed E-state index contributed by atoms with van der Waals surface area (Å²) in [6, 6.07) is 0.358. The third-order valence-electron chi connectivity index (χ3n) is 4.33. The number of hydrogen-bond acceptors (Lipinski definition) is 3. The van der Waals surface area contributed by atoms with E-state index in [0.29, 0.717) is 24.0 Å². The van der Waals surface area contributed by atoms with Crippen LogP contribution < -0.4 is 0 Å². The van der Waals surface area contributed by atoms with Gasteiger partial charge >= 0.3 is 0 Å². The molecular formula is C13H25NO2. The summed E-state index contributed by atoms with van der Waals surface area (Å²) >= 11 is 0. The van der Waals surface area contributed by atoms with E-state index in [0.717, 1.165) is 25.9 Å². The van der Waals surface area contributed by atoms with Gasteiger partial charge in [0.1, 0.15) is 0 Å². The number of hydrogen-bond donors (Lipinski definition) is 1. The summed E-state index contributed by atoms with van der Waals surface area (Å²) in [5.41, 5.74) is 0. The van der Waals surface area contributed by atoms with E-state index >= 15 is 0 Å². The number of aliphatic hydroxyl groups excluding tert-OH is 1. The maximum atomic E-state index is 10.2. The zero-order valence-electron chi connectivity index (χ0n) is 10.7. The van der Waals surface area contributed by atoms with Crippen LogP contribution in [-0.2, 0) is 4.74 Å². The molecule has 3 heteroatoms. The second-order valence-corrected chi connectivity index (χ2v) is 5.75. The predicted octanol–water partition coefficient (Wildman–Crippen LogP) is 1.50. The molecule has 1 saturated carbocycles. The molecule has 1 aliphatic heterocycles. The maximum absolute atomic E-state index is 10.2. The molecule has 1 heterocycles. The molecule has 0 radical (unpaired) electrons. The Morgan fingerprint density at radius 1 is 1.25 bits per heavy atom. The average Bonchev–Trinajstić information content (AvgIpc) is 2.64. The molecule has 0 bridgehead atoms. The summed E-state index contributed by atoms with van der Waals surface area (Å²) in [4.78, 5) is 2.44. The van der Waals surface area contributed by atoms with Crippen molar-refractivity contribution in [3.63, 3.8) is 0 Å². The van der Waals surface area contributed by atoms with Crippen LogP contribution in [0.4, 0.5) is 0 Å². The molecular weight excluding hydrogens is 202 g/mol. The smallest absolute Gasteiger partial charge is 0.0710 e. The van der Waals surface area contributed by atoms with E-state index in [-0.39, 0.29) is 6.10 Å². The first-order valence-electron chi connectivity index (χ1n) is 6.56. The van der Waals surface area contributed by atoms with E-state index in [1.165, 1.54) is 6.42 Å². The summed E-state index contributed by atoms with van der Waals surface area (Å²) in [5.74, 6) is 1.27. The van der Waals surface area contributed by atoms with E-state index in [1.54, 1.807) is 7.11 Å². The van der Waals surface area contributed by atoms with Gasteiger partial charge < -0.3 is 9.84 Å². The summed E-state index contributed by atoms with van der Waals surface area (Å²) in [5, 5.41) is 10.2. The molecule has 0 aromatic carbocycles. The van der Waals surface area contributed by atoms with Crippen molar-refractivity contribution >= 4 is 0 Å². The van der Waals surface area contributed by atoms with Crippen LogP contribution in [0.25, 0.3) is 0 Å². The van der Waals surface area contributed by atoms with Crippen LogP contribution in [0.5, 0.6) is 0 Å². The Kier molecular flexibility index (Phi) is 3.88. The Morgan fingerprint density at radius 2 is 2.00 bits per heavy atom. The zero-order valence-corrected chi connectivity index (χ0v) is 10.7. The topological polar surface area (TPSA) is 32.7 Å². The molecule has 0 amide bonds. The Balaban J connectivity index is 1.97. The van der Waals surface area contributed by atoms with Gasteiger partial charge in [0.2, 0.25) is 0 Å². The lowest BCUT2D eigenvalue weighted by atomic mass is 9.77. The van der Waals surface area contributed by atoms with E-state index in [9.17, 15) is 5.11 Å². The van der Waals surface area contributed by atoms with Gasteiger partial charge in [-0.1, -0.05) is 13.8 Å². The van der Waals surface area contributed by atoms with Crippen molar-refractivity contribution < 1.29 is 9.84 Å². The van der Waals surface area contributed by atoms with Gasteiger partial charge in [0.05, 0.1) is 12.2 Å². The van der Waals surface area contributed by atoms with E-state index in [4.69, 9.17) is 4.74 Å². The van der Waals surface area contributed by atoms with Gasteiger partial charge in [0.15, 0.2) is 0 Å². The van der Waals surface area contributed by atoms with Crippen LogP contribution in [-0.4, -0.2) is 48.5 Å². The molecule has 1 aliphatic carbocycles. The van der Waals surface area contributed by atoms with Crippen molar-refractivity contribution in [2.45, 2.75) is 51.4 Å². The number of nitrogens with zero attached hydrogens (tertiary/aromatic N) is 1. The first kappa shape index (κ1) is 12.3. The number of likely N-dealkylation sites (tertiary alicyclic amines) is 1. The van der Waals surface area contributed by atoms with E-state index in [1.807, 2.05) is 0 Å². The highest BCUT2D eigenvalue weighted by Crippen LogP contribution is 2.34. The highest BCUT2D eigenvalue weighted by molar-refractivity contribution is 4.93. The summed E-state index contributed by atoms with van der Waals surface area (Å²) in [7, 11) is 1.79. The van der Waals surface area contributed by atoms with Crippen molar-refractivity contribution in [1.82, 2.24) is 4.90 Å². The number of ether oxygens (including phenoxy) is 1. The monoisotopic (exact) mass is 227 g/mol. The van der Waals surface area contributed by atoms with Crippen LogP contribution in [0.1, 0.15) is 33.1 Å². The Bertz CT molecular complexity index is 222. The lowest BCUT2D eigenvalue weighted by molar-refractivity contribution is -0.0209. The fraction of sp³-hybridized carbons (Fsp3) is 1.00. The molecule has 0 aromatic heterocycles. The molecule has 1 saturated heterocycles. The van der Waals surface area contributed by atoms with Gasteiger partial charge in [-0.25, -0.2) is 0 Å². The van der Waals surface area contributed by atoms with Gasteiger partial charge in [0, 0.05) is 26.2 Å². The van der Waals surface area contributed by atoms with Crippen LogP contribution in [0.15, 0.2) is 0 Å². The number of methoxy groups -OCH3 is 1. The standard InChI is InChI=1S/C13H25NO2/c1-9-6-10(2)13(12(15)7-9)14-5-4-11(8-14)16-3/h9-13,15H,4-8H2,1-3H3. The molecule has 1 N–H and O–H groups in total. The summed E-state index contributed by atoms with van der Waals surface area (Å²) in [6.45, 7) is 6.61. The fourth-order valence-electron chi connectivity index (χ4n) is 3.62. The Morgan fingerprint density at radius 3 is 2.56 bits per heavy atom. The second-order valence-electron chi connectivity index (χ2n) is 5.75. The minimum Gasteiger partial charge on any atom is -0.391 e. The number of rotatable bonds is 2. The minimum atomic E-state index is -0.144. The lowest BCUT2D eigenvalue weighted by Crippen LogP contribution is -2.50. The Hall–Kier alpha value is -0.120. The molecule has 3 nitrogen and oxygen atoms in total. The van der Waals surface area contributed by atoms with Crippen LogP contribution in [0, 0.1) is 11.8 Å².